The lowest BCUT2D eigenvalue weighted by Crippen LogP contribution is -2.48. The van der Waals surface area contributed by atoms with Gasteiger partial charge in [0, 0.05) is 23.4 Å². The Labute approximate surface area is 164 Å². The number of benzene rings is 1. The Hall–Kier alpha value is -2.21. The second-order valence-electron chi connectivity index (χ2n) is 6.69. The van der Waals surface area contributed by atoms with Crippen LogP contribution in [-0.4, -0.2) is 35.1 Å². The number of furan rings is 1. The molecule has 0 spiro atoms. The molecule has 27 heavy (non-hydrogen) atoms. The highest BCUT2D eigenvalue weighted by Crippen LogP contribution is 2.42. The van der Waals surface area contributed by atoms with E-state index in [-0.39, 0.29) is 17.2 Å². The standard InChI is InChI=1S/C21H26N2O3S/c1-2-3-4-8-12-22-19(24)18-15-27-21(17-11-13-26-14-17)23(18)20(25)16-9-6-5-7-10-16/h5-7,9-11,13-14,18,21H,2-4,8,12,15H2,1H3,(H,22,24). The first-order valence-corrected chi connectivity index (χ1v) is 10.6. The molecular formula is C21H26N2O3S. The van der Waals surface area contributed by atoms with E-state index in [9.17, 15) is 9.59 Å². The van der Waals surface area contributed by atoms with E-state index in [1.807, 2.05) is 24.3 Å². The Morgan fingerprint density at radius 2 is 2.00 bits per heavy atom. The number of carbonyl (C=O) groups excluding carboxylic acids is 2. The molecule has 0 bridgehead atoms. The molecule has 5 nitrogen and oxygen atoms in total. The molecule has 1 N–H and O–H groups in total. The number of unbranched alkanes of at least 4 members (excludes halogenated alkanes) is 3. The van der Waals surface area contributed by atoms with Crippen LogP contribution in [-0.2, 0) is 4.79 Å². The molecule has 1 aromatic heterocycles. The molecule has 0 aliphatic carbocycles. The molecule has 6 heteroatoms. The number of carbonyl (C=O) groups is 2. The predicted octanol–water partition coefficient (Wildman–Crippen LogP) is 4.23. The van der Waals surface area contributed by atoms with Gasteiger partial charge in [0.1, 0.15) is 11.4 Å². The van der Waals surface area contributed by atoms with Crippen LogP contribution >= 0.6 is 11.8 Å². The van der Waals surface area contributed by atoms with Crippen LogP contribution in [0.2, 0.25) is 0 Å². The summed E-state index contributed by atoms with van der Waals surface area (Å²) in [5.74, 6) is 0.377. The molecule has 3 rings (SSSR count). The van der Waals surface area contributed by atoms with Crippen molar-refractivity contribution in [2.45, 2.75) is 44.0 Å². The maximum absolute atomic E-state index is 13.2. The van der Waals surface area contributed by atoms with Gasteiger partial charge < -0.3 is 14.6 Å². The quantitative estimate of drug-likeness (QED) is 0.690. The SMILES string of the molecule is CCCCCCNC(=O)C1CSC(c2ccoc2)N1C(=O)c1ccccc1. The summed E-state index contributed by atoms with van der Waals surface area (Å²) < 4.78 is 5.21. The van der Waals surface area contributed by atoms with Gasteiger partial charge in [-0.1, -0.05) is 44.4 Å². The van der Waals surface area contributed by atoms with Crippen molar-refractivity contribution in [1.29, 1.82) is 0 Å². The summed E-state index contributed by atoms with van der Waals surface area (Å²) in [6, 6.07) is 10.5. The van der Waals surface area contributed by atoms with Gasteiger partial charge in [-0.05, 0) is 24.6 Å². The van der Waals surface area contributed by atoms with Crippen LogP contribution in [0.3, 0.4) is 0 Å². The zero-order valence-electron chi connectivity index (χ0n) is 15.6. The summed E-state index contributed by atoms with van der Waals surface area (Å²) in [5.41, 5.74) is 1.50. The largest absolute Gasteiger partial charge is 0.472 e. The highest BCUT2D eigenvalue weighted by atomic mass is 32.2. The van der Waals surface area contributed by atoms with E-state index in [4.69, 9.17) is 4.42 Å². The number of nitrogens with one attached hydrogen (secondary N) is 1. The fraction of sp³-hybridized carbons (Fsp3) is 0.429. The molecule has 2 heterocycles. The third-order valence-electron chi connectivity index (χ3n) is 4.72. The highest BCUT2D eigenvalue weighted by Gasteiger charge is 2.42. The molecule has 0 saturated carbocycles. The first-order chi connectivity index (χ1) is 13.2. The lowest BCUT2D eigenvalue weighted by molar-refractivity contribution is -0.124. The van der Waals surface area contributed by atoms with Crippen molar-refractivity contribution in [2.75, 3.05) is 12.3 Å². The van der Waals surface area contributed by atoms with Gasteiger partial charge in [0.25, 0.3) is 5.91 Å². The fourth-order valence-corrected chi connectivity index (χ4v) is 4.65. The number of amides is 2. The Bertz CT molecular complexity index is 733. The average molecular weight is 387 g/mol. The van der Waals surface area contributed by atoms with Crippen LogP contribution in [0, 0.1) is 0 Å². The van der Waals surface area contributed by atoms with E-state index in [0.29, 0.717) is 17.9 Å². The Balaban J connectivity index is 1.74. The molecule has 1 aliphatic heterocycles. The van der Waals surface area contributed by atoms with Crippen molar-refractivity contribution >= 4 is 23.6 Å². The summed E-state index contributed by atoms with van der Waals surface area (Å²) in [4.78, 5) is 27.7. The van der Waals surface area contributed by atoms with Crippen molar-refractivity contribution in [3.63, 3.8) is 0 Å². The molecular weight excluding hydrogens is 360 g/mol. The lowest BCUT2D eigenvalue weighted by Gasteiger charge is -2.28. The summed E-state index contributed by atoms with van der Waals surface area (Å²) in [5, 5.41) is 2.80. The molecule has 1 aromatic carbocycles. The van der Waals surface area contributed by atoms with Crippen molar-refractivity contribution in [2.24, 2.45) is 0 Å². The van der Waals surface area contributed by atoms with Crippen molar-refractivity contribution < 1.29 is 14.0 Å². The topological polar surface area (TPSA) is 62.6 Å². The van der Waals surface area contributed by atoms with Crippen LogP contribution in [0.5, 0.6) is 0 Å². The number of rotatable bonds is 8. The number of thioether (sulfide) groups is 1. The fourth-order valence-electron chi connectivity index (χ4n) is 3.24. The average Bonchev–Trinajstić information content (AvgIpc) is 3.37. The van der Waals surface area contributed by atoms with Gasteiger partial charge in [-0.2, -0.15) is 0 Å². The van der Waals surface area contributed by atoms with Crippen LogP contribution in [0.4, 0.5) is 0 Å². The third kappa shape index (κ3) is 4.75. The monoisotopic (exact) mass is 386 g/mol. The maximum atomic E-state index is 13.2. The number of hydrogen-bond acceptors (Lipinski definition) is 4. The van der Waals surface area contributed by atoms with Gasteiger partial charge in [0.05, 0.1) is 12.5 Å². The van der Waals surface area contributed by atoms with Crippen LogP contribution in [0.15, 0.2) is 53.3 Å². The van der Waals surface area contributed by atoms with E-state index in [1.54, 1.807) is 41.3 Å². The van der Waals surface area contributed by atoms with E-state index < -0.39 is 6.04 Å². The molecule has 2 atom stereocenters. The highest BCUT2D eigenvalue weighted by molar-refractivity contribution is 7.99. The minimum atomic E-state index is -0.478. The summed E-state index contributed by atoms with van der Waals surface area (Å²) >= 11 is 1.60. The molecule has 2 unspecified atom stereocenters. The van der Waals surface area contributed by atoms with Gasteiger partial charge in [-0.15, -0.1) is 11.8 Å². The molecule has 1 saturated heterocycles. The Morgan fingerprint density at radius 3 is 2.70 bits per heavy atom. The zero-order chi connectivity index (χ0) is 19.1. The normalized spacial score (nSPS) is 19.2. The Morgan fingerprint density at radius 1 is 1.19 bits per heavy atom. The molecule has 144 valence electrons. The van der Waals surface area contributed by atoms with Crippen molar-refractivity contribution in [3.8, 4) is 0 Å². The first-order valence-electron chi connectivity index (χ1n) is 9.51. The second kappa shape index (κ2) is 9.65. The Kier molecular flexibility index (Phi) is 6.98. The van der Waals surface area contributed by atoms with E-state index in [2.05, 4.69) is 12.2 Å². The molecule has 2 amide bonds. The number of nitrogens with zero attached hydrogens (tertiary/aromatic N) is 1. The van der Waals surface area contributed by atoms with E-state index in [1.165, 1.54) is 12.8 Å². The lowest BCUT2D eigenvalue weighted by atomic mass is 10.1. The minimum absolute atomic E-state index is 0.0747. The zero-order valence-corrected chi connectivity index (χ0v) is 16.4. The van der Waals surface area contributed by atoms with Crippen molar-refractivity contribution in [3.05, 3.63) is 60.1 Å². The summed E-state index contributed by atoms with van der Waals surface area (Å²) in [7, 11) is 0. The minimum Gasteiger partial charge on any atom is -0.472 e. The predicted molar refractivity (Wildman–Crippen MR) is 107 cm³/mol. The third-order valence-corrected chi connectivity index (χ3v) is 6.04. The maximum Gasteiger partial charge on any atom is 0.255 e. The molecule has 0 radical (unpaired) electrons. The van der Waals surface area contributed by atoms with Crippen molar-refractivity contribution in [1.82, 2.24) is 10.2 Å². The van der Waals surface area contributed by atoms with Crippen LogP contribution in [0.1, 0.15) is 53.9 Å². The van der Waals surface area contributed by atoms with Gasteiger partial charge in [-0.25, -0.2) is 0 Å². The number of hydrogen-bond donors (Lipinski definition) is 1. The smallest absolute Gasteiger partial charge is 0.255 e. The molecule has 2 aromatic rings. The van der Waals surface area contributed by atoms with Gasteiger partial charge in [0.15, 0.2) is 0 Å². The first kappa shape index (κ1) is 19.5. The summed E-state index contributed by atoms with van der Waals surface area (Å²) in [6.45, 7) is 2.82. The van der Waals surface area contributed by atoms with Gasteiger partial charge in [0.2, 0.25) is 5.91 Å². The van der Waals surface area contributed by atoms with Gasteiger partial charge in [-0.3, -0.25) is 9.59 Å². The van der Waals surface area contributed by atoms with Crippen LogP contribution in [0.25, 0.3) is 0 Å². The van der Waals surface area contributed by atoms with E-state index in [0.717, 1.165) is 18.4 Å². The second-order valence-corrected chi connectivity index (χ2v) is 7.80. The van der Waals surface area contributed by atoms with E-state index >= 15 is 0 Å². The molecule has 1 fully saturated rings. The summed E-state index contributed by atoms with van der Waals surface area (Å²) in [6.07, 6.45) is 7.67. The molecule has 1 aliphatic rings. The van der Waals surface area contributed by atoms with Gasteiger partial charge >= 0.3 is 0 Å². The van der Waals surface area contributed by atoms with Crippen LogP contribution < -0.4 is 5.32 Å².